The fourth-order valence-electron chi connectivity index (χ4n) is 3.52. The lowest BCUT2D eigenvalue weighted by molar-refractivity contribution is -0.139. The second kappa shape index (κ2) is 10.4. The van der Waals surface area contributed by atoms with E-state index in [1.165, 1.54) is 0 Å². The van der Waals surface area contributed by atoms with Crippen LogP contribution < -0.4 is 15.2 Å². The van der Waals surface area contributed by atoms with Crippen LogP contribution in [0.3, 0.4) is 0 Å². The van der Waals surface area contributed by atoms with Gasteiger partial charge in [-0.2, -0.15) is 5.26 Å². The molecule has 166 valence electrons. The molecule has 0 saturated heterocycles. The summed E-state index contributed by atoms with van der Waals surface area (Å²) in [6, 6.07) is 17.2. The number of benzene rings is 2. The monoisotopic (exact) mass is 434 g/mol. The van der Waals surface area contributed by atoms with Crippen LogP contribution in [0.15, 0.2) is 71.3 Å². The summed E-state index contributed by atoms with van der Waals surface area (Å²) in [5, 5.41) is 9.75. The molecule has 2 aromatic carbocycles. The molecule has 0 saturated carbocycles. The zero-order valence-corrected chi connectivity index (χ0v) is 18.4. The summed E-state index contributed by atoms with van der Waals surface area (Å²) in [6.07, 6.45) is 0. The molecular weight excluding hydrogens is 408 g/mol. The van der Waals surface area contributed by atoms with Gasteiger partial charge in [0, 0.05) is 0 Å². The van der Waals surface area contributed by atoms with Gasteiger partial charge in [-0.15, -0.1) is 0 Å². The molecule has 0 amide bonds. The number of ether oxygens (including phenoxy) is 4. The smallest absolute Gasteiger partial charge is 0.338 e. The van der Waals surface area contributed by atoms with E-state index in [1.54, 1.807) is 32.0 Å². The van der Waals surface area contributed by atoms with Crippen molar-refractivity contribution in [1.29, 1.82) is 5.26 Å². The molecule has 7 nitrogen and oxygen atoms in total. The van der Waals surface area contributed by atoms with Gasteiger partial charge in [0.05, 0.1) is 24.7 Å². The van der Waals surface area contributed by atoms with Crippen LogP contribution in [-0.2, 0) is 20.9 Å². The normalized spacial score (nSPS) is 15.6. The summed E-state index contributed by atoms with van der Waals surface area (Å²) >= 11 is 0. The molecule has 2 aromatic rings. The van der Waals surface area contributed by atoms with Crippen LogP contribution in [0.5, 0.6) is 11.5 Å². The van der Waals surface area contributed by atoms with E-state index in [4.69, 9.17) is 24.7 Å². The molecule has 0 aliphatic carbocycles. The lowest BCUT2D eigenvalue weighted by Gasteiger charge is -2.27. The number of carbonyl (C=O) groups is 1. The maximum absolute atomic E-state index is 12.7. The summed E-state index contributed by atoms with van der Waals surface area (Å²) < 4.78 is 22.5. The minimum atomic E-state index is -0.741. The predicted octanol–water partition coefficient (Wildman–Crippen LogP) is 4.31. The van der Waals surface area contributed by atoms with Crippen LogP contribution in [-0.4, -0.2) is 19.2 Å². The van der Waals surface area contributed by atoms with Crippen LogP contribution in [0.4, 0.5) is 0 Å². The number of esters is 1. The largest absolute Gasteiger partial charge is 0.490 e. The van der Waals surface area contributed by atoms with Crippen molar-refractivity contribution in [3.8, 4) is 17.6 Å². The molecule has 1 aliphatic heterocycles. The highest BCUT2D eigenvalue weighted by molar-refractivity contribution is 5.92. The zero-order valence-electron chi connectivity index (χ0n) is 18.4. The highest BCUT2D eigenvalue weighted by atomic mass is 16.5. The van der Waals surface area contributed by atoms with Gasteiger partial charge in [-0.25, -0.2) is 4.79 Å². The molecule has 0 aromatic heterocycles. The first kappa shape index (κ1) is 22.8. The average Bonchev–Trinajstić information content (AvgIpc) is 2.78. The Morgan fingerprint density at radius 3 is 2.50 bits per heavy atom. The quantitative estimate of drug-likeness (QED) is 0.618. The van der Waals surface area contributed by atoms with Crippen LogP contribution in [0.25, 0.3) is 0 Å². The van der Waals surface area contributed by atoms with Gasteiger partial charge in [0.2, 0.25) is 5.88 Å². The van der Waals surface area contributed by atoms with Crippen molar-refractivity contribution in [3.63, 3.8) is 0 Å². The molecule has 1 atom stereocenters. The second-order valence-electron chi connectivity index (χ2n) is 7.03. The number of nitriles is 1. The number of nitrogens with zero attached hydrogens (tertiary/aromatic N) is 1. The van der Waals surface area contributed by atoms with E-state index in [0.717, 1.165) is 5.56 Å². The molecule has 3 rings (SSSR count). The van der Waals surface area contributed by atoms with Gasteiger partial charge in [-0.1, -0.05) is 36.4 Å². The van der Waals surface area contributed by atoms with E-state index in [9.17, 15) is 10.1 Å². The van der Waals surface area contributed by atoms with Crippen LogP contribution in [0.1, 0.15) is 37.8 Å². The summed E-state index contributed by atoms with van der Waals surface area (Å²) in [7, 11) is 0. The molecule has 0 spiro atoms. The van der Waals surface area contributed by atoms with Crippen molar-refractivity contribution in [2.45, 2.75) is 33.3 Å². The van der Waals surface area contributed by atoms with Gasteiger partial charge >= 0.3 is 5.97 Å². The fourth-order valence-corrected chi connectivity index (χ4v) is 3.52. The lowest BCUT2D eigenvalue weighted by Crippen LogP contribution is -2.25. The molecule has 1 aliphatic rings. The highest BCUT2D eigenvalue weighted by Crippen LogP contribution is 2.42. The Kier molecular flexibility index (Phi) is 7.40. The first-order chi connectivity index (χ1) is 15.5. The Morgan fingerprint density at radius 2 is 1.84 bits per heavy atom. The van der Waals surface area contributed by atoms with Crippen LogP contribution in [0, 0.1) is 11.3 Å². The number of allylic oxidation sites excluding steroid dienone is 2. The number of hydrogen-bond acceptors (Lipinski definition) is 7. The molecule has 7 heteroatoms. The minimum Gasteiger partial charge on any atom is -0.490 e. The van der Waals surface area contributed by atoms with Crippen molar-refractivity contribution in [1.82, 2.24) is 0 Å². The first-order valence-electron chi connectivity index (χ1n) is 10.4. The Labute approximate surface area is 187 Å². The molecule has 32 heavy (non-hydrogen) atoms. The van der Waals surface area contributed by atoms with Gasteiger partial charge < -0.3 is 24.7 Å². The van der Waals surface area contributed by atoms with E-state index in [0.29, 0.717) is 36.0 Å². The maximum atomic E-state index is 12.7. The van der Waals surface area contributed by atoms with E-state index in [1.807, 2.05) is 37.3 Å². The van der Waals surface area contributed by atoms with E-state index in [-0.39, 0.29) is 23.6 Å². The highest BCUT2D eigenvalue weighted by Gasteiger charge is 2.36. The molecule has 0 bridgehead atoms. The van der Waals surface area contributed by atoms with E-state index >= 15 is 0 Å². The lowest BCUT2D eigenvalue weighted by atomic mass is 9.83. The third kappa shape index (κ3) is 4.86. The van der Waals surface area contributed by atoms with Gasteiger partial charge in [0.25, 0.3) is 0 Å². The summed E-state index contributed by atoms with van der Waals surface area (Å²) in [5.41, 5.74) is 8.01. The number of hydrogen-bond donors (Lipinski definition) is 1. The zero-order chi connectivity index (χ0) is 23.1. The van der Waals surface area contributed by atoms with Crippen LogP contribution in [0.2, 0.25) is 0 Å². The number of carbonyl (C=O) groups excluding carboxylic acids is 1. The third-order valence-corrected chi connectivity index (χ3v) is 4.94. The number of nitrogens with two attached hydrogens (primary N) is 1. The Bertz CT molecular complexity index is 1080. The molecule has 0 unspecified atom stereocenters. The van der Waals surface area contributed by atoms with Gasteiger partial charge in [0.1, 0.15) is 24.0 Å². The van der Waals surface area contributed by atoms with E-state index in [2.05, 4.69) is 6.07 Å². The summed E-state index contributed by atoms with van der Waals surface area (Å²) in [5.74, 6) is 0.0232. The maximum Gasteiger partial charge on any atom is 0.338 e. The van der Waals surface area contributed by atoms with Crippen molar-refractivity contribution in [2.75, 3.05) is 13.2 Å². The molecule has 1 heterocycles. The van der Waals surface area contributed by atoms with Crippen molar-refractivity contribution < 1.29 is 23.7 Å². The topological polar surface area (TPSA) is 104 Å². The first-order valence-corrected chi connectivity index (χ1v) is 10.4. The summed E-state index contributed by atoms with van der Waals surface area (Å²) in [6.45, 7) is 6.20. The van der Waals surface area contributed by atoms with Gasteiger partial charge in [0.15, 0.2) is 11.5 Å². The minimum absolute atomic E-state index is 0.0367. The molecular formula is C25H26N2O5. The average molecular weight is 434 g/mol. The van der Waals surface area contributed by atoms with Crippen molar-refractivity contribution in [3.05, 3.63) is 82.4 Å². The Balaban J connectivity index is 2.01. The van der Waals surface area contributed by atoms with Crippen LogP contribution >= 0.6 is 0 Å². The number of rotatable bonds is 8. The van der Waals surface area contributed by atoms with Gasteiger partial charge in [-0.3, -0.25) is 0 Å². The fraction of sp³-hybridized carbons (Fsp3) is 0.280. The molecule has 2 N–H and O–H groups in total. The van der Waals surface area contributed by atoms with Crippen molar-refractivity contribution >= 4 is 5.97 Å². The molecule has 0 fully saturated rings. The molecule has 0 radical (unpaired) electrons. The predicted molar refractivity (Wildman–Crippen MR) is 118 cm³/mol. The Hall–Kier alpha value is -3.92. The van der Waals surface area contributed by atoms with Crippen molar-refractivity contribution in [2.24, 2.45) is 5.73 Å². The SMILES string of the molecule is CCOC(=O)C1=C(C)OC(N)=C(C#N)[C@H]1c1ccc(OCc2ccccc2)c(OCC)c1. The standard InChI is InChI=1S/C25H26N2O5/c1-4-29-21-13-18(11-12-20(21)31-15-17-9-7-6-8-10-17)23-19(14-26)24(27)32-16(3)22(23)25(28)30-5-2/h6-13,23H,4-5,15,27H2,1-3H3/t23-/m1/s1. The van der Waals surface area contributed by atoms with E-state index < -0.39 is 11.9 Å². The summed E-state index contributed by atoms with van der Waals surface area (Å²) in [4.78, 5) is 12.7. The Morgan fingerprint density at radius 1 is 1.09 bits per heavy atom. The second-order valence-corrected chi connectivity index (χ2v) is 7.03. The third-order valence-electron chi connectivity index (χ3n) is 4.94. The van der Waals surface area contributed by atoms with Gasteiger partial charge in [-0.05, 0) is 44.0 Å².